The molecular formula is C11H11F4NO2. The first-order chi connectivity index (χ1) is 8.37. The highest BCUT2D eigenvalue weighted by Gasteiger charge is 2.48. The van der Waals surface area contributed by atoms with E-state index < -0.39 is 18.3 Å². The van der Waals surface area contributed by atoms with Crippen LogP contribution in [-0.4, -0.2) is 24.9 Å². The minimum absolute atomic E-state index is 0.0359. The zero-order valence-corrected chi connectivity index (χ0v) is 9.42. The fraction of sp³-hybridized carbons (Fsp3) is 0.364. The van der Waals surface area contributed by atoms with Gasteiger partial charge in [-0.3, -0.25) is 4.79 Å². The molecule has 0 aliphatic heterocycles. The number of halogens is 4. The van der Waals surface area contributed by atoms with Crippen molar-refractivity contribution in [2.75, 3.05) is 11.9 Å². The molecule has 0 aliphatic rings. The van der Waals surface area contributed by atoms with E-state index in [9.17, 15) is 22.4 Å². The van der Waals surface area contributed by atoms with Gasteiger partial charge in [-0.1, -0.05) is 6.07 Å². The standard InChI is InChI=1S/C11H11F4NO2/c1-2-18-8-5-3-4-7(6-8)16-10(17)11(14,15)9(12)13/h3-6,9H,2H2,1H3,(H,16,17). The van der Waals surface area contributed by atoms with Gasteiger partial charge in [-0.05, 0) is 19.1 Å². The first kappa shape index (κ1) is 14.3. The van der Waals surface area contributed by atoms with Gasteiger partial charge in [-0.15, -0.1) is 0 Å². The van der Waals surface area contributed by atoms with Crippen molar-refractivity contribution in [1.82, 2.24) is 0 Å². The third-order valence-corrected chi connectivity index (χ3v) is 1.98. The molecule has 1 amide bonds. The minimum Gasteiger partial charge on any atom is -0.494 e. The van der Waals surface area contributed by atoms with E-state index in [0.29, 0.717) is 12.4 Å². The largest absolute Gasteiger partial charge is 0.494 e. The first-order valence-corrected chi connectivity index (χ1v) is 5.08. The Bertz CT molecular complexity index is 423. The number of anilines is 1. The van der Waals surface area contributed by atoms with Crippen LogP contribution in [0.5, 0.6) is 5.75 Å². The molecule has 1 aromatic carbocycles. The maximum absolute atomic E-state index is 12.7. The van der Waals surface area contributed by atoms with Crippen LogP contribution in [0.4, 0.5) is 23.2 Å². The van der Waals surface area contributed by atoms with Crippen molar-refractivity contribution in [3.63, 3.8) is 0 Å². The molecule has 0 saturated heterocycles. The number of benzene rings is 1. The smallest absolute Gasteiger partial charge is 0.383 e. The molecule has 1 N–H and O–H groups in total. The predicted octanol–water partition coefficient (Wildman–Crippen LogP) is 2.92. The highest BCUT2D eigenvalue weighted by Crippen LogP contribution is 2.25. The average molecular weight is 265 g/mol. The Labute approximate surface area is 101 Å². The Morgan fingerprint density at radius 3 is 2.67 bits per heavy atom. The minimum atomic E-state index is -4.72. The zero-order chi connectivity index (χ0) is 13.8. The van der Waals surface area contributed by atoms with Gasteiger partial charge in [0, 0.05) is 11.8 Å². The molecule has 0 atom stereocenters. The molecule has 0 fully saturated rings. The molecule has 1 rings (SSSR count). The molecule has 100 valence electrons. The van der Waals surface area contributed by atoms with Gasteiger partial charge < -0.3 is 10.1 Å². The van der Waals surface area contributed by atoms with Crippen LogP contribution in [0.25, 0.3) is 0 Å². The Morgan fingerprint density at radius 1 is 1.44 bits per heavy atom. The highest BCUT2D eigenvalue weighted by molar-refractivity contribution is 5.96. The quantitative estimate of drug-likeness (QED) is 0.831. The third kappa shape index (κ3) is 3.35. The van der Waals surface area contributed by atoms with Crippen LogP contribution in [0.3, 0.4) is 0 Å². The van der Waals surface area contributed by atoms with Crippen LogP contribution >= 0.6 is 0 Å². The van der Waals surface area contributed by atoms with Crippen molar-refractivity contribution in [1.29, 1.82) is 0 Å². The number of carbonyl (C=O) groups is 1. The second-order valence-electron chi connectivity index (χ2n) is 3.34. The number of ether oxygens (including phenoxy) is 1. The number of alkyl halides is 4. The summed E-state index contributed by atoms with van der Waals surface area (Å²) in [6, 6.07) is 5.55. The maximum atomic E-state index is 12.7. The predicted molar refractivity (Wildman–Crippen MR) is 57.2 cm³/mol. The van der Waals surface area contributed by atoms with Crippen molar-refractivity contribution in [3.05, 3.63) is 24.3 Å². The topological polar surface area (TPSA) is 38.3 Å². The fourth-order valence-corrected chi connectivity index (χ4v) is 1.14. The van der Waals surface area contributed by atoms with Gasteiger partial charge in [0.25, 0.3) is 0 Å². The van der Waals surface area contributed by atoms with Crippen LogP contribution in [0.2, 0.25) is 0 Å². The number of hydrogen-bond donors (Lipinski definition) is 1. The summed E-state index contributed by atoms with van der Waals surface area (Å²) in [5.41, 5.74) is -0.0359. The number of nitrogens with one attached hydrogen (secondary N) is 1. The van der Waals surface area contributed by atoms with Gasteiger partial charge >= 0.3 is 18.3 Å². The van der Waals surface area contributed by atoms with Gasteiger partial charge in [0.1, 0.15) is 5.75 Å². The molecule has 0 aliphatic carbocycles. The van der Waals surface area contributed by atoms with Gasteiger partial charge in [0.05, 0.1) is 6.61 Å². The van der Waals surface area contributed by atoms with E-state index in [-0.39, 0.29) is 5.69 Å². The van der Waals surface area contributed by atoms with Crippen LogP contribution < -0.4 is 10.1 Å². The van der Waals surface area contributed by atoms with Gasteiger partial charge in [0.2, 0.25) is 0 Å². The van der Waals surface area contributed by atoms with Crippen molar-refractivity contribution in [2.45, 2.75) is 19.3 Å². The van der Waals surface area contributed by atoms with E-state index in [2.05, 4.69) is 0 Å². The van der Waals surface area contributed by atoms with Crippen molar-refractivity contribution in [3.8, 4) is 5.75 Å². The summed E-state index contributed by atoms with van der Waals surface area (Å²) in [7, 11) is 0. The SMILES string of the molecule is CCOc1cccc(NC(=O)C(F)(F)C(F)F)c1. The molecule has 0 unspecified atom stereocenters. The van der Waals surface area contributed by atoms with E-state index in [1.165, 1.54) is 18.2 Å². The molecule has 0 heterocycles. The van der Waals surface area contributed by atoms with Crippen LogP contribution in [0.15, 0.2) is 24.3 Å². The maximum Gasteiger partial charge on any atom is 0.383 e. The molecule has 0 radical (unpaired) electrons. The van der Waals surface area contributed by atoms with Gasteiger partial charge in [0.15, 0.2) is 0 Å². The third-order valence-electron chi connectivity index (χ3n) is 1.98. The van der Waals surface area contributed by atoms with Crippen LogP contribution in [-0.2, 0) is 4.79 Å². The molecular weight excluding hydrogens is 254 g/mol. The Morgan fingerprint density at radius 2 is 2.11 bits per heavy atom. The summed E-state index contributed by atoms with van der Waals surface area (Å²) in [6.07, 6.45) is -4.05. The van der Waals surface area contributed by atoms with E-state index >= 15 is 0 Å². The molecule has 0 spiro atoms. The summed E-state index contributed by atoms with van der Waals surface area (Å²) in [5, 5.41) is 1.71. The average Bonchev–Trinajstić information content (AvgIpc) is 2.29. The Kier molecular flexibility index (Phi) is 4.52. The lowest BCUT2D eigenvalue weighted by atomic mass is 10.2. The van der Waals surface area contributed by atoms with E-state index in [4.69, 9.17) is 4.74 Å². The number of amides is 1. The molecule has 7 heteroatoms. The number of carbonyl (C=O) groups excluding carboxylic acids is 1. The zero-order valence-electron chi connectivity index (χ0n) is 9.42. The Hall–Kier alpha value is -1.79. The molecule has 1 aromatic rings. The van der Waals surface area contributed by atoms with Gasteiger partial charge in [-0.2, -0.15) is 8.78 Å². The lowest BCUT2D eigenvalue weighted by molar-refractivity contribution is -0.163. The summed E-state index contributed by atoms with van der Waals surface area (Å²) in [6.45, 7) is 2.07. The number of hydrogen-bond acceptors (Lipinski definition) is 2. The van der Waals surface area contributed by atoms with Crippen molar-refractivity contribution >= 4 is 11.6 Å². The summed E-state index contributed by atoms with van der Waals surface area (Å²) < 4.78 is 54.3. The molecule has 0 bridgehead atoms. The van der Waals surface area contributed by atoms with E-state index in [1.54, 1.807) is 18.3 Å². The van der Waals surface area contributed by atoms with E-state index in [0.717, 1.165) is 0 Å². The van der Waals surface area contributed by atoms with Crippen molar-refractivity contribution < 1.29 is 27.1 Å². The monoisotopic (exact) mass is 265 g/mol. The summed E-state index contributed by atoms with van der Waals surface area (Å²) >= 11 is 0. The molecule has 0 aromatic heterocycles. The van der Waals surface area contributed by atoms with Gasteiger partial charge in [-0.25, -0.2) is 8.78 Å². The second-order valence-corrected chi connectivity index (χ2v) is 3.34. The van der Waals surface area contributed by atoms with Crippen LogP contribution in [0.1, 0.15) is 6.92 Å². The Balaban J connectivity index is 2.79. The molecule has 3 nitrogen and oxygen atoms in total. The van der Waals surface area contributed by atoms with Crippen LogP contribution in [0, 0.1) is 0 Å². The molecule has 0 saturated carbocycles. The normalized spacial score (nSPS) is 11.4. The fourth-order valence-electron chi connectivity index (χ4n) is 1.14. The highest BCUT2D eigenvalue weighted by atomic mass is 19.3. The number of rotatable bonds is 5. The first-order valence-electron chi connectivity index (χ1n) is 5.08. The lowest BCUT2D eigenvalue weighted by Crippen LogP contribution is -2.40. The summed E-state index contributed by atoms with van der Waals surface area (Å²) in [4.78, 5) is 11.0. The lowest BCUT2D eigenvalue weighted by Gasteiger charge is -2.15. The second kappa shape index (κ2) is 5.70. The van der Waals surface area contributed by atoms with Crippen molar-refractivity contribution in [2.24, 2.45) is 0 Å². The van der Waals surface area contributed by atoms with E-state index in [1.807, 2.05) is 0 Å². The summed E-state index contributed by atoms with van der Waals surface area (Å²) in [5.74, 6) is -6.43. The molecule has 18 heavy (non-hydrogen) atoms.